The van der Waals surface area contributed by atoms with Crippen molar-refractivity contribution in [3.63, 3.8) is 0 Å². The lowest BCUT2D eigenvalue weighted by Crippen LogP contribution is -2.37. The van der Waals surface area contributed by atoms with Crippen molar-refractivity contribution < 1.29 is 42.1 Å². The molecule has 0 aromatic heterocycles. The molecule has 0 heterocycles. The van der Waals surface area contributed by atoms with Gasteiger partial charge in [0.15, 0.2) is 6.10 Å². The smallest absolute Gasteiger partial charge is 0.306 e. The highest BCUT2D eigenvalue weighted by atomic mass is 31.2. The van der Waals surface area contributed by atoms with Gasteiger partial charge in [0, 0.05) is 12.8 Å². The zero-order chi connectivity index (χ0) is 51.3. The fraction of sp³-hybridized carbons (Fsp3) is 0.700. The number of unbranched alkanes of at least 4 members (excludes halogenated alkanes) is 20. The Labute approximate surface area is 430 Å². The van der Waals surface area contributed by atoms with Gasteiger partial charge in [-0.25, -0.2) is 0 Å². The number of ether oxygens (including phenoxy) is 2. The quantitative estimate of drug-likeness (QED) is 0.0195. The van der Waals surface area contributed by atoms with Crippen LogP contribution in [0.15, 0.2) is 97.2 Å². The topological polar surface area (TPSA) is 111 Å². The van der Waals surface area contributed by atoms with Crippen LogP contribution >= 0.6 is 7.82 Å². The van der Waals surface area contributed by atoms with Crippen LogP contribution in [-0.2, 0) is 32.7 Å². The maximum atomic E-state index is 12.8. The van der Waals surface area contributed by atoms with Crippen molar-refractivity contribution in [2.75, 3.05) is 47.5 Å². The van der Waals surface area contributed by atoms with Gasteiger partial charge < -0.3 is 27.9 Å². The molecule has 0 spiro atoms. The number of carbonyl (C=O) groups is 2. The predicted octanol–water partition coefficient (Wildman–Crippen LogP) is 16.6. The van der Waals surface area contributed by atoms with Crippen LogP contribution in [0.4, 0.5) is 0 Å². The summed E-state index contributed by atoms with van der Waals surface area (Å²) in [5.41, 5.74) is 0. The standard InChI is InChI=1S/C60H104NO8P/c1-6-8-10-12-14-16-18-20-22-24-26-28-30-32-34-36-38-40-42-44-46-48-50-52-59(62)66-56-58(57-68-70(64,65)67-55-54-61(3,4)5)69-60(63)53-51-49-47-45-43-41-39-37-35-33-31-29-27-25-23-21-19-17-15-13-11-9-7-2/h9,11,15,17-18,20-21,23-24,26-27,29,33,35,39,41,58H,6-8,10,12-14,16,19,22,25,28,30-32,34,36-38,40,42-57H2,1-5H3/b11-9-,17-15-,20-18-,23-21-,26-24-,29-27-,35-33-,41-39-. The van der Waals surface area contributed by atoms with Gasteiger partial charge in [0.05, 0.1) is 27.7 Å². The number of nitrogens with zero attached hydrogens (tertiary/aromatic N) is 1. The maximum absolute atomic E-state index is 12.8. The van der Waals surface area contributed by atoms with Crippen LogP contribution in [0.5, 0.6) is 0 Å². The molecule has 9 nitrogen and oxygen atoms in total. The van der Waals surface area contributed by atoms with Gasteiger partial charge in [0.2, 0.25) is 0 Å². The van der Waals surface area contributed by atoms with Crippen molar-refractivity contribution in [3.05, 3.63) is 97.2 Å². The van der Waals surface area contributed by atoms with Crippen LogP contribution in [0.2, 0.25) is 0 Å². The first-order valence-corrected chi connectivity index (χ1v) is 29.4. The molecular weight excluding hydrogens is 894 g/mol. The fourth-order valence-corrected chi connectivity index (χ4v) is 8.01. The number of carbonyl (C=O) groups excluding carboxylic acids is 2. The minimum Gasteiger partial charge on any atom is -0.756 e. The third kappa shape index (κ3) is 54.3. The molecule has 0 aromatic carbocycles. The van der Waals surface area contributed by atoms with E-state index in [1.165, 1.54) is 89.9 Å². The molecule has 0 aliphatic rings. The van der Waals surface area contributed by atoms with Crippen molar-refractivity contribution in [2.24, 2.45) is 0 Å². The Bertz CT molecular complexity index is 1500. The van der Waals surface area contributed by atoms with Gasteiger partial charge in [0.25, 0.3) is 7.82 Å². The van der Waals surface area contributed by atoms with Gasteiger partial charge in [-0.15, -0.1) is 0 Å². The van der Waals surface area contributed by atoms with Gasteiger partial charge in [-0.2, -0.15) is 0 Å². The summed E-state index contributed by atoms with van der Waals surface area (Å²) in [5, 5.41) is 0. The van der Waals surface area contributed by atoms with E-state index in [0.717, 1.165) is 96.3 Å². The molecule has 0 aromatic rings. The molecule has 0 rings (SSSR count). The van der Waals surface area contributed by atoms with E-state index in [2.05, 4.69) is 111 Å². The Morgan fingerprint density at radius 3 is 1.21 bits per heavy atom. The maximum Gasteiger partial charge on any atom is 0.306 e. The Morgan fingerprint density at radius 2 is 0.814 bits per heavy atom. The Kier molecular flexibility index (Phi) is 48.6. The van der Waals surface area contributed by atoms with E-state index >= 15 is 0 Å². The lowest BCUT2D eigenvalue weighted by Gasteiger charge is -2.28. The number of phosphoric ester groups is 1. The van der Waals surface area contributed by atoms with Crippen LogP contribution in [-0.4, -0.2) is 70.0 Å². The number of hydrogen-bond acceptors (Lipinski definition) is 8. The van der Waals surface area contributed by atoms with Crippen molar-refractivity contribution in [3.8, 4) is 0 Å². The zero-order valence-corrected chi connectivity index (χ0v) is 46.3. The third-order valence-corrected chi connectivity index (χ3v) is 12.6. The third-order valence-electron chi connectivity index (χ3n) is 11.6. The van der Waals surface area contributed by atoms with Crippen LogP contribution in [0.1, 0.15) is 219 Å². The minimum atomic E-state index is -4.65. The average molecular weight is 998 g/mol. The summed E-state index contributed by atoms with van der Waals surface area (Å²) < 4.78 is 34.1. The van der Waals surface area contributed by atoms with E-state index in [1.807, 2.05) is 21.1 Å². The van der Waals surface area contributed by atoms with E-state index < -0.39 is 32.5 Å². The number of esters is 2. The number of quaternary nitrogens is 1. The van der Waals surface area contributed by atoms with Gasteiger partial charge >= 0.3 is 11.9 Å². The first-order chi connectivity index (χ1) is 34.0. The van der Waals surface area contributed by atoms with Gasteiger partial charge in [-0.3, -0.25) is 14.2 Å². The second kappa shape index (κ2) is 50.9. The second-order valence-electron chi connectivity index (χ2n) is 19.6. The summed E-state index contributed by atoms with van der Waals surface area (Å²) in [6, 6.07) is 0. The normalized spacial score (nSPS) is 14.1. The Hall–Kier alpha value is -3.07. The lowest BCUT2D eigenvalue weighted by molar-refractivity contribution is -0.870. The summed E-state index contributed by atoms with van der Waals surface area (Å²) in [6.07, 6.45) is 68.7. The van der Waals surface area contributed by atoms with E-state index in [1.54, 1.807) is 0 Å². The van der Waals surface area contributed by atoms with E-state index in [0.29, 0.717) is 17.4 Å². The van der Waals surface area contributed by atoms with Crippen molar-refractivity contribution >= 4 is 19.8 Å². The summed E-state index contributed by atoms with van der Waals surface area (Å²) >= 11 is 0. The Balaban J connectivity index is 4.28. The van der Waals surface area contributed by atoms with Crippen LogP contribution in [0.3, 0.4) is 0 Å². The average Bonchev–Trinajstić information content (AvgIpc) is 3.32. The fourth-order valence-electron chi connectivity index (χ4n) is 7.28. The molecule has 70 heavy (non-hydrogen) atoms. The van der Waals surface area contributed by atoms with E-state index in [-0.39, 0.29) is 26.1 Å². The van der Waals surface area contributed by atoms with Crippen LogP contribution in [0, 0.1) is 0 Å². The number of rotatable bonds is 50. The van der Waals surface area contributed by atoms with Crippen molar-refractivity contribution in [1.82, 2.24) is 0 Å². The number of phosphoric acid groups is 1. The predicted molar refractivity (Wildman–Crippen MR) is 295 cm³/mol. The first-order valence-electron chi connectivity index (χ1n) is 27.9. The molecule has 0 aliphatic heterocycles. The molecule has 0 amide bonds. The van der Waals surface area contributed by atoms with Crippen LogP contribution in [0.25, 0.3) is 0 Å². The van der Waals surface area contributed by atoms with Gasteiger partial charge in [0.1, 0.15) is 19.8 Å². The highest BCUT2D eigenvalue weighted by molar-refractivity contribution is 7.45. The zero-order valence-electron chi connectivity index (χ0n) is 45.4. The lowest BCUT2D eigenvalue weighted by atomic mass is 10.0. The SMILES string of the molecule is CC/C=C\C/C=C\C/C=C\C/C=C\C/C=C\C/C=C\CCCCCCC(=O)OC(COC(=O)CCCCCCCCCCCCC/C=C\C/C=C\CCCCCCC)COP(=O)([O-])OCC[N+](C)(C)C. The summed E-state index contributed by atoms with van der Waals surface area (Å²) in [4.78, 5) is 37.8. The molecule has 10 heteroatoms. The summed E-state index contributed by atoms with van der Waals surface area (Å²) in [5.74, 6) is -0.869. The number of allylic oxidation sites excluding steroid dienone is 16. The molecule has 0 fully saturated rings. The molecule has 0 N–H and O–H groups in total. The molecule has 0 saturated carbocycles. The molecule has 2 atom stereocenters. The van der Waals surface area contributed by atoms with Gasteiger partial charge in [-0.1, -0.05) is 207 Å². The van der Waals surface area contributed by atoms with Gasteiger partial charge in [-0.05, 0) is 96.3 Å². The molecule has 0 aliphatic carbocycles. The van der Waals surface area contributed by atoms with E-state index in [9.17, 15) is 19.0 Å². The molecule has 402 valence electrons. The summed E-state index contributed by atoms with van der Waals surface area (Å²) in [6.45, 7) is 4.08. The second-order valence-corrected chi connectivity index (χ2v) is 21.0. The summed E-state index contributed by atoms with van der Waals surface area (Å²) in [7, 11) is 1.13. The molecule has 2 unspecified atom stereocenters. The largest absolute Gasteiger partial charge is 0.756 e. The van der Waals surface area contributed by atoms with E-state index in [4.69, 9.17) is 18.5 Å². The highest BCUT2D eigenvalue weighted by Gasteiger charge is 2.21. The van der Waals surface area contributed by atoms with Crippen molar-refractivity contribution in [1.29, 1.82) is 0 Å². The first kappa shape index (κ1) is 66.9. The monoisotopic (exact) mass is 998 g/mol. The molecule has 0 radical (unpaired) electrons. The number of likely N-dealkylation sites (N-methyl/N-ethyl adjacent to an activating group) is 1. The molecular formula is C60H104NO8P. The van der Waals surface area contributed by atoms with Crippen LogP contribution < -0.4 is 4.89 Å². The number of hydrogen-bond donors (Lipinski definition) is 0. The molecule has 0 saturated heterocycles. The van der Waals surface area contributed by atoms with Crippen molar-refractivity contribution in [2.45, 2.75) is 225 Å². The Morgan fingerprint density at radius 1 is 0.457 bits per heavy atom. The highest BCUT2D eigenvalue weighted by Crippen LogP contribution is 2.38. The minimum absolute atomic E-state index is 0.0416. The molecule has 0 bridgehead atoms.